The number of anilines is 1. The van der Waals surface area contributed by atoms with Gasteiger partial charge in [-0.1, -0.05) is 12.1 Å². The largest absolute Gasteiger partial charge is 0.378 e. The van der Waals surface area contributed by atoms with Crippen LogP contribution in [0.1, 0.15) is 30.7 Å². The van der Waals surface area contributed by atoms with Gasteiger partial charge in [0.2, 0.25) is 5.91 Å². The number of amides is 1. The van der Waals surface area contributed by atoms with Gasteiger partial charge in [0.25, 0.3) is 0 Å². The first kappa shape index (κ1) is 13.4. The van der Waals surface area contributed by atoms with E-state index >= 15 is 0 Å². The van der Waals surface area contributed by atoms with Crippen molar-refractivity contribution in [1.82, 2.24) is 5.32 Å². The molecule has 1 amide bonds. The highest BCUT2D eigenvalue weighted by atomic mass is 16.1. The fourth-order valence-corrected chi connectivity index (χ4v) is 1.94. The molecule has 1 saturated carbocycles. The zero-order valence-electron chi connectivity index (χ0n) is 11.4. The maximum Gasteiger partial charge on any atom is 0.221 e. The highest BCUT2D eigenvalue weighted by Crippen LogP contribution is 2.23. The van der Waals surface area contributed by atoms with E-state index in [-0.39, 0.29) is 18.2 Å². The Balaban J connectivity index is 2.00. The molecule has 0 aromatic heterocycles. The highest BCUT2D eigenvalue weighted by Gasteiger charge is 2.25. The quantitative estimate of drug-likeness (QED) is 0.878. The first-order chi connectivity index (χ1) is 9.10. The van der Waals surface area contributed by atoms with Crippen LogP contribution >= 0.6 is 0 Å². The second-order valence-electron chi connectivity index (χ2n) is 5.21. The van der Waals surface area contributed by atoms with Gasteiger partial charge < -0.3 is 10.2 Å². The summed E-state index contributed by atoms with van der Waals surface area (Å²) in [4.78, 5) is 13.7. The molecule has 100 valence electrons. The normalized spacial score (nSPS) is 15.4. The third-order valence-electron chi connectivity index (χ3n) is 3.30. The molecule has 4 heteroatoms. The first-order valence-electron chi connectivity index (χ1n) is 6.56. The summed E-state index contributed by atoms with van der Waals surface area (Å²) in [5.74, 6) is -0.388. The van der Waals surface area contributed by atoms with Gasteiger partial charge in [0, 0.05) is 32.2 Å². The second-order valence-corrected chi connectivity index (χ2v) is 5.21. The van der Waals surface area contributed by atoms with Crippen molar-refractivity contribution >= 4 is 11.6 Å². The van der Waals surface area contributed by atoms with Gasteiger partial charge in [-0.05, 0) is 30.5 Å². The van der Waals surface area contributed by atoms with E-state index in [1.54, 1.807) is 0 Å². The lowest BCUT2D eigenvalue weighted by atomic mass is 9.96. The predicted octanol–water partition coefficient (Wildman–Crippen LogP) is 2.03. The summed E-state index contributed by atoms with van der Waals surface area (Å²) in [6.45, 7) is 0. The molecule has 0 radical (unpaired) electrons. The number of nitrogens with zero attached hydrogens (tertiary/aromatic N) is 2. The van der Waals surface area contributed by atoms with Gasteiger partial charge >= 0.3 is 0 Å². The molecule has 1 fully saturated rings. The Bertz CT molecular complexity index is 483. The van der Waals surface area contributed by atoms with Gasteiger partial charge in [-0.15, -0.1) is 0 Å². The van der Waals surface area contributed by atoms with E-state index in [0.717, 1.165) is 24.1 Å². The molecule has 1 aromatic rings. The molecule has 0 bridgehead atoms. The monoisotopic (exact) mass is 257 g/mol. The van der Waals surface area contributed by atoms with E-state index < -0.39 is 0 Å². The molecule has 1 aromatic carbocycles. The van der Waals surface area contributed by atoms with Gasteiger partial charge in [0.1, 0.15) is 0 Å². The number of nitriles is 1. The lowest BCUT2D eigenvalue weighted by Crippen LogP contribution is -2.26. The van der Waals surface area contributed by atoms with E-state index in [4.69, 9.17) is 0 Å². The second kappa shape index (κ2) is 5.75. The molecule has 1 aliphatic carbocycles. The molecule has 4 nitrogen and oxygen atoms in total. The van der Waals surface area contributed by atoms with Crippen molar-refractivity contribution in [3.05, 3.63) is 29.8 Å². The molecule has 0 aliphatic heterocycles. The Morgan fingerprint density at radius 1 is 1.42 bits per heavy atom. The van der Waals surface area contributed by atoms with Crippen LogP contribution in [0.5, 0.6) is 0 Å². The number of hydrogen-bond acceptors (Lipinski definition) is 3. The van der Waals surface area contributed by atoms with Crippen molar-refractivity contribution in [3.63, 3.8) is 0 Å². The molecule has 1 atom stereocenters. The zero-order valence-corrected chi connectivity index (χ0v) is 11.4. The molecule has 1 unspecified atom stereocenters. The summed E-state index contributed by atoms with van der Waals surface area (Å²) in [6, 6.07) is 10.4. The molecular weight excluding hydrogens is 238 g/mol. The third kappa shape index (κ3) is 3.72. The molecule has 0 saturated heterocycles. The number of carbonyl (C=O) groups excluding carboxylic acids is 1. The summed E-state index contributed by atoms with van der Waals surface area (Å²) in [7, 11) is 3.94. The fraction of sp³-hybridized carbons (Fsp3) is 0.467. The summed E-state index contributed by atoms with van der Waals surface area (Å²) in [5.41, 5.74) is 1.99. The number of nitrogens with one attached hydrogen (secondary N) is 1. The first-order valence-corrected chi connectivity index (χ1v) is 6.56. The molecule has 1 aliphatic rings. The summed E-state index contributed by atoms with van der Waals surface area (Å²) < 4.78 is 0. The van der Waals surface area contributed by atoms with Gasteiger partial charge in [0.15, 0.2) is 0 Å². The Morgan fingerprint density at radius 3 is 2.53 bits per heavy atom. The average molecular weight is 257 g/mol. The third-order valence-corrected chi connectivity index (χ3v) is 3.30. The van der Waals surface area contributed by atoms with Crippen molar-refractivity contribution in [2.45, 2.75) is 31.2 Å². The van der Waals surface area contributed by atoms with Gasteiger partial charge in [-0.25, -0.2) is 0 Å². The SMILES string of the molecule is CN(C)c1ccc(C(C#N)CC(=O)NC2CC2)cc1. The zero-order chi connectivity index (χ0) is 13.8. The van der Waals surface area contributed by atoms with E-state index in [2.05, 4.69) is 11.4 Å². The Labute approximate surface area is 114 Å². The molecular formula is C15H19N3O. The fourth-order valence-electron chi connectivity index (χ4n) is 1.94. The van der Waals surface area contributed by atoms with Crippen molar-refractivity contribution in [2.24, 2.45) is 0 Å². The number of benzene rings is 1. The molecule has 19 heavy (non-hydrogen) atoms. The maximum atomic E-state index is 11.7. The number of rotatable bonds is 5. The van der Waals surface area contributed by atoms with Gasteiger partial charge in [-0.2, -0.15) is 5.26 Å². The van der Waals surface area contributed by atoms with Crippen molar-refractivity contribution < 1.29 is 4.79 Å². The van der Waals surface area contributed by atoms with Crippen molar-refractivity contribution in [2.75, 3.05) is 19.0 Å². The smallest absolute Gasteiger partial charge is 0.221 e. The van der Waals surface area contributed by atoms with Gasteiger partial charge in [-0.3, -0.25) is 4.79 Å². The van der Waals surface area contributed by atoms with Gasteiger partial charge in [0.05, 0.1) is 12.0 Å². The Morgan fingerprint density at radius 2 is 2.05 bits per heavy atom. The predicted molar refractivity (Wildman–Crippen MR) is 74.9 cm³/mol. The highest BCUT2D eigenvalue weighted by molar-refractivity contribution is 5.78. The molecule has 2 rings (SSSR count). The minimum atomic E-state index is -0.366. The van der Waals surface area contributed by atoms with Crippen LogP contribution in [-0.2, 0) is 4.79 Å². The van der Waals surface area contributed by atoms with Crippen LogP contribution in [0.4, 0.5) is 5.69 Å². The Kier molecular flexibility index (Phi) is 4.06. The Hall–Kier alpha value is -2.02. The van der Waals surface area contributed by atoms with E-state index in [0.29, 0.717) is 6.04 Å². The lowest BCUT2D eigenvalue weighted by molar-refractivity contribution is -0.121. The molecule has 1 N–H and O–H groups in total. The lowest BCUT2D eigenvalue weighted by Gasteiger charge is -2.14. The number of carbonyl (C=O) groups is 1. The standard InChI is InChI=1S/C15H19N3O/c1-18(2)14-7-3-11(4-8-14)12(10-16)9-15(19)17-13-5-6-13/h3-4,7-8,12-13H,5-6,9H2,1-2H3,(H,17,19). The van der Waals surface area contributed by atoms with E-state index in [9.17, 15) is 10.1 Å². The van der Waals surface area contributed by atoms with Crippen LogP contribution in [0.15, 0.2) is 24.3 Å². The van der Waals surface area contributed by atoms with E-state index in [1.165, 1.54) is 0 Å². The molecule has 0 spiro atoms. The topological polar surface area (TPSA) is 56.1 Å². The van der Waals surface area contributed by atoms with Crippen LogP contribution < -0.4 is 10.2 Å². The summed E-state index contributed by atoms with van der Waals surface area (Å²) in [6.07, 6.45) is 2.38. The summed E-state index contributed by atoms with van der Waals surface area (Å²) >= 11 is 0. The summed E-state index contributed by atoms with van der Waals surface area (Å²) in [5, 5.41) is 12.1. The molecule has 0 heterocycles. The number of hydrogen-bond donors (Lipinski definition) is 1. The maximum absolute atomic E-state index is 11.7. The minimum Gasteiger partial charge on any atom is -0.378 e. The van der Waals surface area contributed by atoms with Crippen molar-refractivity contribution in [3.8, 4) is 6.07 Å². The van der Waals surface area contributed by atoms with Crippen LogP contribution in [0.3, 0.4) is 0 Å². The van der Waals surface area contributed by atoms with Crippen LogP contribution in [0.2, 0.25) is 0 Å². The van der Waals surface area contributed by atoms with Crippen molar-refractivity contribution in [1.29, 1.82) is 5.26 Å². The minimum absolute atomic E-state index is 0.0225. The van der Waals surface area contributed by atoms with Crippen LogP contribution in [-0.4, -0.2) is 26.0 Å². The van der Waals surface area contributed by atoms with Crippen LogP contribution in [0, 0.1) is 11.3 Å². The van der Waals surface area contributed by atoms with Crippen LogP contribution in [0.25, 0.3) is 0 Å². The average Bonchev–Trinajstić information content (AvgIpc) is 3.20. The van der Waals surface area contributed by atoms with E-state index in [1.807, 2.05) is 43.3 Å².